The van der Waals surface area contributed by atoms with Gasteiger partial charge in [0.2, 0.25) is 0 Å². The summed E-state index contributed by atoms with van der Waals surface area (Å²) in [4.78, 5) is 30.2. The van der Waals surface area contributed by atoms with Crippen LogP contribution >= 0.6 is 0 Å². The summed E-state index contributed by atoms with van der Waals surface area (Å²) in [7, 11) is 0. The number of carbonyl (C=O) groups excluding carboxylic acids is 1. The Hall–Kier alpha value is -2.73. The number of esters is 1. The number of benzene rings is 1. The topological polar surface area (TPSA) is 79.7 Å². The van der Waals surface area contributed by atoms with E-state index in [9.17, 15) is 9.59 Å². The van der Waals surface area contributed by atoms with E-state index in [0.29, 0.717) is 11.8 Å². The average molecular weight is 394 g/mol. The van der Waals surface area contributed by atoms with Crippen LogP contribution in [0.25, 0.3) is 10.9 Å². The van der Waals surface area contributed by atoms with Gasteiger partial charge in [-0.1, -0.05) is 24.3 Å². The molecule has 4 heterocycles. The minimum Gasteiger partial charge on any atom is -0.481 e. The van der Waals surface area contributed by atoms with E-state index in [0.717, 1.165) is 42.4 Å². The number of hydrogen-bond donors (Lipinski definition) is 1. The fraction of sp³-hybridized carbons (Fsp3) is 0.435. The number of carboxylic acids is 1. The molecule has 1 aromatic carbocycles. The molecule has 3 aliphatic heterocycles. The van der Waals surface area contributed by atoms with Crippen LogP contribution < -0.4 is 0 Å². The summed E-state index contributed by atoms with van der Waals surface area (Å²) in [5, 5.41) is 9.88. The zero-order valence-electron chi connectivity index (χ0n) is 16.4. The smallest absolute Gasteiger partial charge is 0.307 e. The molecule has 152 valence electrons. The van der Waals surface area contributed by atoms with E-state index in [1.807, 2.05) is 36.4 Å². The van der Waals surface area contributed by atoms with Crippen LogP contribution in [-0.2, 0) is 14.3 Å². The minimum atomic E-state index is -0.998. The third-order valence-corrected chi connectivity index (χ3v) is 6.29. The number of piperidine rings is 3. The molecule has 2 aromatic rings. The van der Waals surface area contributed by atoms with Crippen molar-refractivity contribution < 1.29 is 19.4 Å². The number of fused-ring (bicyclic) bond motifs is 4. The molecule has 5 rings (SSSR count). The first-order valence-electron chi connectivity index (χ1n) is 10.2. The second-order valence-corrected chi connectivity index (χ2v) is 7.97. The maximum Gasteiger partial charge on any atom is 0.307 e. The van der Waals surface area contributed by atoms with Crippen LogP contribution in [0.3, 0.4) is 0 Å². The van der Waals surface area contributed by atoms with Crippen molar-refractivity contribution in [1.29, 1.82) is 0 Å². The molecule has 3 saturated heterocycles. The Kier molecular flexibility index (Phi) is 5.62. The maximum atomic E-state index is 12.5. The van der Waals surface area contributed by atoms with Gasteiger partial charge in [0, 0.05) is 23.7 Å². The Morgan fingerprint density at radius 1 is 1.31 bits per heavy atom. The number of aromatic nitrogens is 1. The standard InChI is InChI=1S/C23H26N2O4/c1-2-15-14-25-12-10-16(15)13-20(25)23(29-22(28)8-7-21(26)27)18-9-11-24-19-6-4-3-5-17(18)19/h2-6,9,11,15-16,20,23H,1,7-8,10,12-14H2,(H,26,27)/t15-,16+,20-,23+/m1/s1. The van der Waals surface area contributed by atoms with Crippen molar-refractivity contribution in [1.82, 2.24) is 9.88 Å². The molecule has 0 radical (unpaired) electrons. The number of hydrogen-bond acceptors (Lipinski definition) is 5. The van der Waals surface area contributed by atoms with Crippen molar-refractivity contribution >= 4 is 22.8 Å². The first-order valence-corrected chi connectivity index (χ1v) is 10.2. The summed E-state index contributed by atoms with van der Waals surface area (Å²) in [6.07, 6.45) is 5.06. The number of carbonyl (C=O) groups is 2. The number of rotatable bonds is 7. The zero-order valence-corrected chi connectivity index (χ0v) is 16.4. The van der Waals surface area contributed by atoms with Crippen LogP contribution in [0.4, 0.5) is 0 Å². The number of pyridine rings is 1. The monoisotopic (exact) mass is 394 g/mol. The summed E-state index contributed by atoms with van der Waals surface area (Å²) in [6, 6.07) is 9.84. The van der Waals surface area contributed by atoms with Gasteiger partial charge in [-0.2, -0.15) is 0 Å². The van der Waals surface area contributed by atoms with Crippen LogP contribution in [0.1, 0.15) is 37.4 Å². The Labute approximate surface area is 170 Å². The lowest BCUT2D eigenvalue weighted by molar-refractivity contribution is -0.159. The largest absolute Gasteiger partial charge is 0.481 e. The van der Waals surface area contributed by atoms with Gasteiger partial charge < -0.3 is 9.84 Å². The van der Waals surface area contributed by atoms with Gasteiger partial charge >= 0.3 is 11.9 Å². The van der Waals surface area contributed by atoms with E-state index in [-0.39, 0.29) is 18.9 Å². The maximum absolute atomic E-state index is 12.5. The van der Waals surface area contributed by atoms with Gasteiger partial charge in [-0.25, -0.2) is 0 Å². The van der Waals surface area contributed by atoms with Crippen molar-refractivity contribution in [2.45, 2.75) is 37.8 Å². The minimum absolute atomic E-state index is 0.0736. The lowest BCUT2D eigenvalue weighted by Gasteiger charge is -2.51. The highest BCUT2D eigenvalue weighted by Crippen LogP contribution is 2.43. The van der Waals surface area contributed by atoms with Gasteiger partial charge in [-0.3, -0.25) is 19.5 Å². The van der Waals surface area contributed by atoms with Gasteiger partial charge in [0.1, 0.15) is 6.10 Å². The molecular weight excluding hydrogens is 368 g/mol. The lowest BCUT2D eigenvalue weighted by Crippen LogP contribution is -2.55. The molecule has 0 saturated carbocycles. The van der Waals surface area contributed by atoms with E-state index in [4.69, 9.17) is 9.84 Å². The fourth-order valence-corrected chi connectivity index (χ4v) is 4.82. The second kappa shape index (κ2) is 8.33. The zero-order chi connectivity index (χ0) is 20.4. The van der Waals surface area contributed by atoms with Crippen LogP contribution in [-0.4, -0.2) is 46.1 Å². The van der Waals surface area contributed by atoms with Crippen LogP contribution in [0, 0.1) is 11.8 Å². The first kappa shape index (κ1) is 19.6. The molecule has 0 spiro atoms. The predicted octanol–water partition coefficient (Wildman–Crippen LogP) is 3.58. The summed E-state index contributed by atoms with van der Waals surface area (Å²) in [5.41, 5.74) is 1.79. The van der Waals surface area contributed by atoms with E-state index < -0.39 is 18.0 Å². The van der Waals surface area contributed by atoms with Gasteiger partial charge in [0.25, 0.3) is 0 Å². The number of ether oxygens (including phenoxy) is 1. The molecule has 2 bridgehead atoms. The van der Waals surface area contributed by atoms with Gasteiger partial charge in [0.15, 0.2) is 0 Å². The molecule has 6 nitrogen and oxygen atoms in total. The van der Waals surface area contributed by atoms with Crippen molar-refractivity contribution in [3.05, 3.63) is 54.7 Å². The lowest BCUT2D eigenvalue weighted by atomic mass is 9.73. The Balaban J connectivity index is 1.67. The Morgan fingerprint density at radius 3 is 2.86 bits per heavy atom. The third kappa shape index (κ3) is 4.03. The first-order chi connectivity index (χ1) is 14.1. The number of carboxylic acid groups (broad SMARTS) is 1. The van der Waals surface area contributed by atoms with Gasteiger partial charge in [-0.05, 0) is 43.4 Å². The molecule has 5 atom stereocenters. The molecule has 1 unspecified atom stereocenters. The second-order valence-electron chi connectivity index (χ2n) is 7.97. The molecule has 1 aromatic heterocycles. The summed E-state index contributed by atoms with van der Waals surface area (Å²) < 4.78 is 5.96. The van der Waals surface area contributed by atoms with Crippen molar-refractivity contribution in [2.24, 2.45) is 11.8 Å². The quantitative estimate of drug-likeness (QED) is 0.571. The molecule has 3 fully saturated rings. The fourth-order valence-electron chi connectivity index (χ4n) is 4.82. The highest BCUT2D eigenvalue weighted by Gasteiger charge is 2.44. The van der Waals surface area contributed by atoms with E-state index >= 15 is 0 Å². The predicted molar refractivity (Wildman–Crippen MR) is 109 cm³/mol. The number of para-hydroxylation sites is 1. The normalized spacial score (nSPS) is 26.8. The number of nitrogens with zero attached hydrogens (tertiary/aromatic N) is 2. The molecule has 6 heteroatoms. The Bertz CT molecular complexity index is 923. The average Bonchev–Trinajstić information content (AvgIpc) is 2.76. The Morgan fingerprint density at radius 2 is 2.14 bits per heavy atom. The SMILES string of the molecule is C=C[C@@H]1CN2CC[C@H]1C[C@@H]2[C@@H](OC(=O)CCC(=O)O)c1ccnc2ccccc12. The summed E-state index contributed by atoms with van der Waals surface area (Å²) >= 11 is 0. The summed E-state index contributed by atoms with van der Waals surface area (Å²) in [6.45, 7) is 5.89. The molecular formula is C23H26N2O4. The van der Waals surface area contributed by atoms with Crippen molar-refractivity contribution in [2.75, 3.05) is 13.1 Å². The van der Waals surface area contributed by atoms with E-state index in [2.05, 4.69) is 16.5 Å². The van der Waals surface area contributed by atoms with E-state index in [1.54, 1.807) is 6.20 Å². The van der Waals surface area contributed by atoms with Crippen LogP contribution in [0.5, 0.6) is 0 Å². The van der Waals surface area contributed by atoms with E-state index in [1.165, 1.54) is 0 Å². The molecule has 1 N–H and O–H groups in total. The molecule has 0 aliphatic carbocycles. The molecule has 29 heavy (non-hydrogen) atoms. The van der Waals surface area contributed by atoms with Crippen molar-refractivity contribution in [3.8, 4) is 0 Å². The number of aliphatic carboxylic acids is 1. The summed E-state index contributed by atoms with van der Waals surface area (Å²) in [5.74, 6) is -0.461. The molecule has 0 amide bonds. The highest BCUT2D eigenvalue weighted by molar-refractivity contribution is 5.83. The van der Waals surface area contributed by atoms with Crippen LogP contribution in [0.2, 0.25) is 0 Å². The highest BCUT2D eigenvalue weighted by atomic mass is 16.5. The molecule has 3 aliphatic rings. The van der Waals surface area contributed by atoms with Crippen LogP contribution in [0.15, 0.2) is 49.2 Å². The van der Waals surface area contributed by atoms with Crippen molar-refractivity contribution in [3.63, 3.8) is 0 Å². The van der Waals surface area contributed by atoms with Gasteiger partial charge in [0.05, 0.1) is 24.4 Å². The van der Waals surface area contributed by atoms with Gasteiger partial charge in [-0.15, -0.1) is 6.58 Å². The third-order valence-electron chi connectivity index (χ3n) is 6.29.